The molecule has 0 radical (unpaired) electrons. The Morgan fingerprint density at radius 2 is 2.08 bits per heavy atom. The largest absolute Gasteiger partial charge is 0.376 e. The predicted molar refractivity (Wildman–Crippen MR) is 51.6 cm³/mol. The third-order valence-corrected chi connectivity index (χ3v) is 1.72. The van der Waals surface area contributed by atoms with Crippen LogP contribution in [0.15, 0.2) is 23.4 Å². The SMILES string of the molecule is CN(C)c1ccc(C=O)cc1N=O. The maximum absolute atomic E-state index is 10.4. The lowest BCUT2D eigenvalue weighted by atomic mass is 10.2. The third-order valence-electron chi connectivity index (χ3n) is 1.72. The fraction of sp³-hybridized carbons (Fsp3) is 0.222. The average molecular weight is 178 g/mol. The number of aldehydes is 1. The summed E-state index contributed by atoms with van der Waals surface area (Å²) >= 11 is 0. The molecule has 0 heterocycles. The number of benzene rings is 1. The summed E-state index contributed by atoms with van der Waals surface area (Å²) in [5.41, 5.74) is 1.45. The molecule has 0 saturated carbocycles. The summed E-state index contributed by atoms with van der Waals surface area (Å²) in [4.78, 5) is 22.6. The number of hydrogen-bond donors (Lipinski definition) is 0. The molecular weight excluding hydrogens is 168 g/mol. The van der Waals surface area contributed by atoms with E-state index < -0.39 is 0 Å². The van der Waals surface area contributed by atoms with Crippen molar-refractivity contribution in [1.29, 1.82) is 0 Å². The first-order chi connectivity index (χ1) is 6.19. The van der Waals surface area contributed by atoms with Crippen molar-refractivity contribution in [1.82, 2.24) is 0 Å². The highest BCUT2D eigenvalue weighted by Crippen LogP contribution is 2.27. The van der Waals surface area contributed by atoms with Gasteiger partial charge in [0.2, 0.25) is 0 Å². The molecule has 0 bridgehead atoms. The minimum Gasteiger partial charge on any atom is -0.376 e. The van der Waals surface area contributed by atoms with Gasteiger partial charge in [0.1, 0.15) is 12.0 Å². The van der Waals surface area contributed by atoms with Crippen LogP contribution in [0.25, 0.3) is 0 Å². The molecule has 0 N–H and O–H groups in total. The van der Waals surface area contributed by atoms with Gasteiger partial charge in [-0.05, 0) is 23.4 Å². The highest BCUT2D eigenvalue weighted by atomic mass is 16.3. The summed E-state index contributed by atoms with van der Waals surface area (Å²) in [6.45, 7) is 0. The minimum atomic E-state index is 0.287. The van der Waals surface area contributed by atoms with Crippen LogP contribution in [0.4, 0.5) is 11.4 Å². The van der Waals surface area contributed by atoms with Crippen LogP contribution in [0, 0.1) is 4.91 Å². The number of hydrogen-bond acceptors (Lipinski definition) is 4. The molecule has 1 aromatic rings. The van der Waals surface area contributed by atoms with Gasteiger partial charge in [0, 0.05) is 19.7 Å². The van der Waals surface area contributed by atoms with Gasteiger partial charge in [0.15, 0.2) is 0 Å². The summed E-state index contributed by atoms with van der Waals surface area (Å²) in [6.07, 6.45) is 0.689. The lowest BCUT2D eigenvalue weighted by molar-refractivity contribution is 0.112. The Bertz CT molecular complexity index is 334. The normalized spacial score (nSPS) is 9.38. The summed E-state index contributed by atoms with van der Waals surface area (Å²) in [7, 11) is 3.62. The minimum absolute atomic E-state index is 0.287. The number of anilines is 1. The molecule has 4 heteroatoms. The van der Waals surface area contributed by atoms with Gasteiger partial charge in [-0.2, -0.15) is 0 Å². The maximum atomic E-state index is 10.4. The average Bonchev–Trinajstić information content (AvgIpc) is 2.16. The Morgan fingerprint density at radius 1 is 1.38 bits per heavy atom. The van der Waals surface area contributed by atoms with Gasteiger partial charge in [-0.1, -0.05) is 0 Å². The Labute approximate surface area is 76.1 Å². The van der Waals surface area contributed by atoms with Crippen molar-refractivity contribution in [3.63, 3.8) is 0 Å². The molecule has 13 heavy (non-hydrogen) atoms. The Balaban J connectivity index is 3.23. The quantitative estimate of drug-likeness (QED) is 0.525. The van der Waals surface area contributed by atoms with Crippen molar-refractivity contribution in [2.24, 2.45) is 5.18 Å². The first kappa shape index (κ1) is 9.38. The second-order valence-corrected chi connectivity index (χ2v) is 2.85. The van der Waals surface area contributed by atoms with E-state index >= 15 is 0 Å². The maximum Gasteiger partial charge on any atom is 0.150 e. The molecule has 0 aromatic heterocycles. The molecule has 0 aliphatic rings. The van der Waals surface area contributed by atoms with E-state index in [9.17, 15) is 9.70 Å². The van der Waals surface area contributed by atoms with Crippen LogP contribution >= 0.6 is 0 Å². The zero-order chi connectivity index (χ0) is 9.84. The number of rotatable bonds is 3. The molecule has 0 aliphatic heterocycles. The van der Waals surface area contributed by atoms with E-state index in [-0.39, 0.29) is 5.69 Å². The molecule has 1 rings (SSSR count). The van der Waals surface area contributed by atoms with E-state index in [4.69, 9.17) is 0 Å². The summed E-state index contributed by atoms with van der Waals surface area (Å²) in [6, 6.07) is 4.81. The smallest absolute Gasteiger partial charge is 0.150 e. The van der Waals surface area contributed by atoms with Crippen LogP contribution in [0.5, 0.6) is 0 Å². The van der Waals surface area contributed by atoms with Crippen molar-refractivity contribution in [2.45, 2.75) is 0 Å². The zero-order valence-electron chi connectivity index (χ0n) is 7.52. The van der Waals surface area contributed by atoms with Crippen LogP contribution in [0.2, 0.25) is 0 Å². The molecule has 0 aliphatic carbocycles. The second-order valence-electron chi connectivity index (χ2n) is 2.85. The lowest BCUT2D eigenvalue weighted by Crippen LogP contribution is -2.08. The zero-order valence-corrected chi connectivity index (χ0v) is 7.52. The van der Waals surface area contributed by atoms with Gasteiger partial charge in [0.25, 0.3) is 0 Å². The number of carbonyl (C=O) groups excluding carboxylic acids is 1. The van der Waals surface area contributed by atoms with Gasteiger partial charge < -0.3 is 4.90 Å². The van der Waals surface area contributed by atoms with E-state index in [1.165, 1.54) is 6.07 Å². The van der Waals surface area contributed by atoms with E-state index in [1.807, 2.05) is 14.1 Å². The molecule has 0 unspecified atom stereocenters. The molecule has 0 amide bonds. The number of nitroso groups, excluding NO2 is 1. The monoisotopic (exact) mass is 178 g/mol. The summed E-state index contributed by atoms with van der Waals surface area (Å²) in [5.74, 6) is 0. The summed E-state index contributed by atoms with van der Waals surface area (Å²) < 4.78 is 0. The van der Waals surface area contributed by atoms with Crippen LogP contribution < -0.4 is 4.90 Å². The number of carbonyl (C=O) groups is 1. The summed E-state index contributed by atoms with van der Waals surface area (Å²) in [5, 5.41) is 2.85. The Hall–Kier alpha value is -1.71. The first-order valence-corrected chi connectivity index (χ1v) is 3.79. The van der Waals surface area contributed by atoms with Gasteiger partial charge in [-0.15, -0.1) is 4.91 Å². The lowest BCUT2D eigenvalue weighted by Gasteiger charge is -2.13. The first-order valence-electron chi connectivity index (χ1n) is 3.79. The van der Waals surface area contributed by atoms with E-state index in [0.29, 0.717) is 17.5 Å². The van der Waals surface area contributed by atoms with Crippen LogP contribution in [-0.2, 0) is 0 Å². The fourth-order valence-electron chi connectivity index (χ4n) is 1.07. The van der Waals surface area contributed by atoms with E-state index in [2.05, 4.69) is 5.18 Å². The van der Waals surface area contributed by atoms with E-state index in [1.54, 1.807) is 17.0 Å². The molecule has 4 nitrogen and oxygen atoms in total. The molecule has 0 saturated heterocycles. The van der Waals surface area contributed by atoms with Crippen molar-refractivity contribution >= 4 is 17.7 Å². The van der Waals surface area contributed by atoms with E-state index in [0.717, 1.165) is 0 Å². The van der Waals surface area contributed by atoms with Gasteiger partial charge >= 0.3 is 0 Å². The third kappa shape index (κ3) is 1.90. The molecule has 1 aromatic carbocycles. The van der Waals surface area contributed by atoms with Crippen molar-refractivity contribution in [3.8, 4) is 0 Å². The molecule has 0 fully saturated rings. The highest BCUT2D eigenvalue weighted by Gasteiger charge is 2.05. The van der Waals surface area contributed by atoms with Crippen molar-refractivity contribution in [3.05, 3.63) is 28.7 Å². The molecule has 0 spiro atoms. The van der Waals surface area contributed by atoms with Crippen molar-refractivity contribution < 1.29 is 4.79 Å². The molecule has 0 atom stereocenters. The number of nitrogens with zero attached hydrogens (tertiary/aromatic N) is 2. The standard InChI is InChI=1S/C9H10N2O2/c1-11(2)9-4-3-7(6-12)5-8(9)10-13/h3-6H,1-2H3. The highest BCUT2D eigenvalue weighted by molar-refractivity contribution is 5.80. The van der Waals surface area contributed by atoms with Crippen molar-refractivity contribution in [2.75, 3.05) is 19.0 Å². The molecular formula is C9H10N2O2. The predicted octanol–water partition coefficient (Wildman–Crippen LogP) is 1.96. The van der Waals surface area contributed by atoms with Gasteiger partial charge in [0.05, 0.1) is 5.69 Å². The topological polar surface area (TPSA) is 49.7 Å². The second kappa shape index (κ2) is 3.80. The molecule has 68 valence electrons. The van der Waals surface area contributed by atoms with Crippen LogP contribution in [0.1, 0.15) is 10.4 Å². The van der Waals surface area contributed by atoms with Gasteiger partial charge in [-0.25, -0.2) is 0 Å². The Kier molecular flexibility index (Phi) is 2.74. The Morgan fingerprint density at radius 3 is 2.54 bits per heavy atom. The van der Waals surface area contributed by atoms with Crippen LogP contribution in [-0.4, -0.2) is 20.4 Å². The fourth-order valence-corrected chi connectivity index (χ4v) is 1.07. The van der Waals surface area contributed by atoms with Crippen LogP contribution in [0.3, 0.4) is 0 Å². The van der Waals surface area contributed by atoms with Gasteiger partial charge in [-0.3, -0.25) is 4.79 Å².